The second-order valence-electron chi connectivity index (χ2n) is 5.68. The number of nitrogens with one attached hydrogen (secondary N) is 1. The first-order valence-electron chi connectivity index (χ1n) is 6.16. The maximum Gasteiger partial charge on any atom is 0.220 e. The van der Waals surface area contributed by atoms with E-state index in [4.69, 9.17) is 11.6 Å². The Balaban J connectivity index is 4.24. The Kier molecular flexibility index (Phi) is 7.05. The lowest BCUT2D eigenvalue weighted by molar-refractivity contribution is -0.123. The SMILES string of the molecule is CCC(C)CC(=O)NC(CCCl)C(C)(C)C. The minimum Gasteiger partial charge on any atom is -0.353 e. The molecule has 0 aromatic heterocycles. The molecule has 0 fully saturated rings. The maximum absolute atomic E-state index is 11.8. The molecule has 96 valence electrons. The first-order valence-corrected chi connectivity index (χ1v) is 6.70. The molecule has 3 heteroatoms. The zero-order valence-electron chi connectivity index (χ0n) is 11.3. The molecule has 0 bridgehead atoms. The van der Waals surface area contributed by atoms with Gasteiger partial charge in [0.05, 0.1) is 0 Å². The molecule has 2 nitrogen and oxygen atoms in total. The summed E-state index contributed by atoms with van der Waals surface area (Å²) in [6, 6.07) is 0.168. The summed E-state index contributed by atoms with van der Waals surface area (Å²) in [5, 5.41) is 3.10. The Morgan fingerprint density at radius 2 is 1.94 bits per heavy atom. The number of amides is 1. The Morgan fingerprint density at radius 3 is 2.31 bits per heavy atom. The van der Waals surface area contributed by atoms with Gasteiger partial charge >= 0.3 is 0 Å². The van der Waals surface area contributed by atoms with Gasteiger partial charge in [-0.1, -0.05) is 41.0 Å². The zero-order chi connectivity index (χ0) is 12.8. The van der Waals surface area contributed by atoms with E-state index in [0.29, 0.717) is 18.2 Å². The van der Waals surface area contributed by atoms with Crippen molar-refractivity contribution in [3.05, 3.63) is 0 Å². The van der Waals surface area contributed by atoms with E-state index in [1.165, 1.54) is 0 Å². The summed E-state index contributed by atoms with van der Waals surface area (Å²) < 4.78 is 0. The summed E-state index contributed by atoms with van der Waals surface area (Å²) in [5.74, 6) is 1.20. The lowest BCUT2D eigenvalue weighted by Gasteiger charge is -2.31. The van der Waals surface area contributed by atoms with Gasteiger partial charge in [0.15, 0.2) is 0 Å². The molecule has 0 spiro atoms. The van der Waals surface area contributed by atoms with Gasteiger partial charge in [-0.3, -0.25) is 4.79 Å². The minimum atomic E-state index is 0.0694. The molecular formula is C13H26ClNO. The monoisotopic (exact) mass is 247 g/mol. The van der Waals surface area contributed by atoms with E-state index in [0.717, 1.165) is 12.8 Å². The fourth-order valence-electron chi connectivity index (χ4n) is 1.54. The van der Waals surface area contributed by atoms with Crippen molar-refractivity contribution in [3.63, 3.8) is 0 Å². The van der Waals surface area contributed by atoms with Crippen LogP contribution in [-0.4, -0.2) is 17.8 Å². The molecule has 0 aliphatic heterocycles. The van der Waals surface area contributed by atoms with Crippen LogP contribution in [0.1, 0.15) is 53.9 Å². The second-order valence-corrected chi connectivity index (χ2v) is 6.06. The van der Waals surface area contributed by atoms with E-state index in [1.807, 2.05) is 0 Å². The van der Waals surface area contributed by atoms with Gasteiger partial charge < -0.3 is 5.32 Å². The van der Waals surface area contributed by atoms with Crippen molar-refractivity contribution in [2.75, 3.05) is 5.88 Å². The molecule has 0 rings (SSSR count). The third-order valence-corrected chi connectivity index (χ3v) is 3.23. The Bertz CT molecular complexity index is 210. The third-order valence-electron chi connectivity index (χ3n) is 3.01. The van der Waals surface area contributed by atoms with Crippen molar-refractivity contribution in [1.29, 1.82) is 0 Å². The topological polar surface area (TPSA) is 29.1 Å². The fourth-order valence-corrected chi connectivity index (χ4v) is 1.76. The number of rotatable bonds is 6. The maximum atomic E-state index is 11.8. The van der Waals surface area contributed by atoms with E-state index in [9.17, 15) is 4.79 Å². The van der Waals surface area contributed by atoms with Crippen LogP contribution in [0.3, 0.4) is 0 Å². The van der Waals surface area contributed by atoms with E-state index in [-0.39, 0.29) is 17.4 Å². The van der Waals surface area contributed by atoms with Gasteiger partial charge in [0.2, 0.25) is 5.91 Å². The number of alkyl halides is 1. The van der Waals surface area contributed by atoms with Crippen molar-refractivity contribution >= 4 is 17.5 Å². The van der Waals surface area contributed by atoms with Crippen LogP contribution < -0.4 is 5.32 Å². The van der Waals surface area contributed by atoms with Gasteiger partial charge in [-0.25, -0.2) is 0 Å². The number of halogens is 1. The number of hydrogen-bond donors (Lipinski definition) is 1. The zero-order valence-corrected chi connectivity index (χ0v) is 12.0. The van der Waals surface area contributed by atoms with Crippen LogP contribution in [0.2, 0.25) is 0 Å². The van der Waals surface area contributed by atoms with Crippen LogP contribution in [-0.2, 0) is 4.79 Å². The molecule has 1 N–H and O–H groups in total. The van der Waals surface area contributed by atoms with Gasteiger partial charge in [0.1, 0.15) is 0 Å². The Hall–Kier alpha value is -0.240. The third kappa shape index (κ3) is 6.37. The summed E-state index contributed by atoms with van der Waals surface area (Å²) in [6.45, 7) is 10.6. The van der Waals surface area contributed by atoms with E-state index in [2.05, 4.69) is 39.9 Å². The van der Waals surface area contributed by atoms with E-state index < -0.39 is 0 Å². The average molecular weight is 248 g/mol. The van der Waals surface area contributed by atoms with Gasteiger partial charge in [0, 0.05) is 18.3 Å². The summed E-state index contributed by atoms with van der Waals surface area (Å²) in [6.07, 6.45) is 2.49. The van der Waals surface area contributed by atoms with Crippen LogP contribution in [0.25, 0.3) is 0 Å². The predicted molar refractivity (Wildman–Crippen MR) is 70.8 cm³/mol. The summed E-state index contributed by atoms with van der Waals surface area (Å²) in [4.78, 5) is 11.8. The smallest absolute Gasteiger partial charge is 0.220 e. The van der Waals surface area contributed by atoms with E-state index >= 15 is 0 Å². The molecule has 2 unspecified atom stereocenters. The molecule has 0 heterocycles. The molecule has 0 aliphatic carbocycles. The first-order chi connectivity index (χ1) is 7.31. The van der Waals surface area contributed by atoms with Crippen LogP contribution in [0.5, 0.6) is 0 Å². The van der Waals surface area contributed by atoms with Crippen molar-refractivity contribution < 1.29 is 4.79 Å². The molecule has 2 atom stereocenters. The van der Waals surface area contributed by atoms with Crippen LogP contribution in [0.4, 0.5) is 0 Å². The molecule has 0 saturated heterocycles. The lowest BCUT2D eigenvalue weighted by atomic mass is 9.85. The van der Waals surface area contributed by atoms with Crippen molar-refractivity contribution in [2.45, 2.75) is 59.9 Å². The van der Waals surface area contributed by atoms with Gasteiger partial charge in [-0.15, -0.1) is 11.6 Å². The molecule has 0 radical (unpaired) electrons. The molecule has 0 aliphatic rings. The summed E-state index contributed by atoms with van der Waals surface area (Å²) in [5.41, 5.74) is 0.0694. The van der Waals surface area contributed by atoms with Crippen molar-refractivity contribution in [2.24, 2.45) is 11.3 Å². The van der Waals surface area contributed by atoms with E-state index in [1.54, 1.807) is 0 Å². The number of hydrogen-bond acceptors (Lipinski definition) is 1. The number of carbonyl (C=O) groups is 1. The molecule has 1 amide bonds. The van der Waals surface area contributed by atoms with Gasteiger partial charge in [0.25, 0.3) is 0 Å². The van der Waals surface area contributed by atoms with Gasteiger partial charge in [-0.2, -0.15) is 0 Å². The quantitative estimate of drug-likeness (QED) is 0.715. The first kappa shape index (κ1) is 15.8. The average Bonchev–Trinajstić information content (AvgIpc) is 2.15. The van der Waals surface area contributed by atoms with Gasteiger partial charge in [-0.05, 0) is 17.8 Å². The highest BCUT2D eigenvalue weighted by atomic mass is 35.5. The standard InChI is InChI=1S/C13H26ClNO/c1-6-10(2)9-12(16)15-11(7-8-14)13(3,4)5/h10-11H,6-9H2,1-5H3,(H,15,16). The highest BCUT2D eigenvalue weighted by molar-refractivity contribution is 6.17. The largest absolute Gasteiger partial charge is 0.353 e. The predicted octanol–water partition coefficient (Wildman–Crippen LogP) is 3.58. The molecule has 16 heavy (non-hydrogen) atoms. The van der Waals surface area contributed by atoms with Crippen molar-refractivity contribution in [1.82, 2.24) is 5.32 Å². The molecular weight excluding hydrogens is 222 g/mol. The fraction of sp³-hybridized carbons (Fsp3) is 0.923. The summed E-state index contributed by atoms with van der Waals surface area (Å²) >= 11 is 5.77. The second kappa shape index (κ2) is 7.16. The molecule has 0 saturated carbocycles. The highest BCUT2D eigenvalue weighted by Gasteiger charge is 2.25. The normalized spacial score (nSPS) is 15.6. The highest BCUT2D eigenvalue weighted by Crippen LogP contribution is 2.22. The lowest BCUT2D eigenvalue weighted by Crippen LogP contribution is -2.44. The molecule has 0 aromatic rings. The molecule has 0 aromatic carbocycles. The Morgan fingerprint density at radius 1 is 1.38 bits per heavy atom. The Labute approximate surface area is 105 Å². The van der Waals surface area contributed by atoms with Crippen LogP contribution in [0.15, 0.2) is 0 Å². The van der Waals surface area contributed by atoms with Crippen LogP contribution in [0, 0.1) is 11.3 Å². The minimum absolute atomic E-state index is 0.0694. The summed E-state index contributed by atoms with van der Waals surface area (Å²) in [7, 11) is 0. The van der Waals surface area contributed by atoms with Crippen LogP contribution >= 0.6 is 11.6 Å². The number of carbonyl (C=O) groups excluding carboxylic acids is 1. The van der Waals surface area contributed by atoms with Crippen molar-refractivity contribution in [3.8, 4) is 0 Å².